The van der Waals surface area contributed by atoms with Crippen molar-refractivity contribution in [2.75, 3.05) is 0 Å². The molecule has 1 aliphatic heterocycles. The Morgan fingerprint density at radius 1 is 1.23 bits per heavy atom. The third-order valence-electron chi connectivity index (χ3n) is 1.23. The lowest BCUT2D eigenvalue weighted by Gasteiger charge is -2.09. The van der Waals surface area contributed by atoms with Crippen LogP contribution in [0.25, 0.3) is 0 Å². The van der Waals surface area contributed by atoms with Gasteiger partial charge in [0.15, 0.2) is 0 Å². The maximum absolute atomic E-state index is 10.7. The molecule has 0 aliphatic carbocycles. The summed E-state index contributed by atoms with van der Waals surface area (Å²) in [6, 6.07) is 0. The van der Waals surface area contributed by atoms with Crippen molar-refractivity contribution in [3.8, 4) is 0 Å². The molecule has 0 unspecified atom stereocenters. The Balaban J connectivity index is 0.000000671. The predicted octanol–water partition coefficient (Wildman–Crippen LogP) is 0.640. The largest absolute Gasteiger partial charge is 0.331 e. The van der Waals surface area contributed by atoms with Crippen LogP contribution in [0.1, 0.15) is 33.6 Å². The van der Waals surface area contributed by atoms with Crippen molar-refractivity contribution in [1.29, 1.82) is 0 Å². The van der Waals surface area contributed by atoms with E-state index in [-0.39, 0.29) is 12.8 Å². The molecule has 1 rings (SSSR count). The van der Waals surface area contributed by atoms with E-state index < -0.39 is 17.8 Å². The Labute approximate surface area is 76.6 Å². The molecule has 0 saturated carbocycles. The molecule has 0 aromatic carbocycles. The Kier molecular flexibility index (Phi) is 4.72. The number of rotatable bonds is 1. The van der Waals surface area contributed by atoms with Crippen molar-refractivity contribution in [2.45, 2.75) is 33.6 Å². The molecule has 74 valence electrons. The molecular weight excluding hydrogens is 174 g/mol. The molecular formula is C8H13NO4. The summed E-state index contributed by atoms with van der Waals surface area (Å²) in [5.74, 6) is -1.57. The SMILES string of the molecule is CC.CC(=O)ON1C(=O)CCC1=O. The molecule has 1 aliphatic rings. The van der Waals surface area contributed by atoms with Gasteiger partial charge in [0.05, 0.1) is 0 Å². The zero-order valence-corrected chi connectivity index (χ0v) is 7.99. The molecule has 5 heteroatoms. The number of carbonyl (C=O) groups is 3. The molecule has 0 aromatic heterocycles. The van der Waals surface area contributed by atoms with Crippen LogP contribution in [-0.2, 0) is 19.2 Å². The van der Waals surface area contributed by atoms with Crippen LogP contribution in [0.5, 0.6) is 0 Å². The lowest BCUT2D eigenvalue weighted by atomic mass is 10.4. The van der Waals surface area contributed by atoms with E-state index in [1.807, 2.05) is 13.8 Å². The van der Waals surface area contributed by atoms with Gasteiger partial charge in [0, 0.05) is 19.8 Å². The number of imide groups is 1. The number of carbonyl (C=O) groups excluding carboxylic acids is 3. The third-order valence-corrected chi connectivity index (χ3v) is 1.23. The Bertz CT molecular complexity index is 208. The average Bonchev–Trinajstić information content (AvgIpc) is 2.39. The molecule has 1 saturated heterocycles. The average molecular weight is 187 g/mol. The van der Waals surface area contributed by atoms with Crippen LogP contribution < -0.4 is 0 Å². The summed E-state index contributed by atoms with van der Waals surface area (Å²) in [6.45, 7) is 5.14. The first kappa shape index (κ1) is 11.6. The summed E-state index contributed by atoms with van der Waals surface area (Å²) in [4.78, 5) is 36.1. The molecule has 1 fully saturated rings. The minimum Gasteiger partial charge on any atom is -0.331 e. The molecule has 1 heterocycles. The van der Waals surface area contributed by atoms with Crippen LogP contribution in [0.4, 0.5) is 0 Å². The van der Waals surface area contributed by atoms with Gasteiger partial charge < -0.3 is 4.84 Å². The van der Waals surface area contributed by atoms with E-state index in [1.165, 1.54) is 0 Å². The van der Waals surface area contributed by atoms with Crippen LogP contribution in [0.2, 0.25) is 0 Å². The molecule has 5 nitrogen and oxygen atoms in total. The highest BCUT2D eigenvalue weighted by Gasteiger charge is 2.31. The second-order valence-electron chi connectivity index (χ2n) is 2.16. The third kappa shape index (κ3) is 3.23. The zero-order valence-electron chi connectivity index (χ0n) is 7.99. The van der Waals surface area contributed by atoms with E-state index in [0.29, 0.717) is 5.06 Å². The number of hydrogen-bond acceptors (Lipinski definition) is 4. The van der Waals surface area contributed by atoms with Crippen LogP contribution in [-0.4, -0.2) is 22.8 Å². The molecule has 0 spiro atoms. The van der Waals surface area contributed by atoms with E-state index >= 15 is 0 Å². The Morgan fingerprint density at radius 2 is 1.62 bits per heavy atom. The second kappa shape index (κ2) is 5.29. The summed E-state index contributed by atoms with van der Waals surface area (Å²) >= 11 is 0. The summed E-state index contributed by atoms with van der Waals surface area (Å²) in [5.41, 5.74) is 0. The van der Waals surface area contributed by atoms with Gasteiger partial charge in [-0.2, -0.15) is 0 Å². The van der Waals surface area contributed by atoms with Crippen molar-refractivity contribution >= 4 is 17.8 Å². The molecule has 0 N–H and O–H groups in total. The van der Waals surface area contributed by atoms with Crippen molar-refractivity contribution < 1.29 is 19.2 Å². The fraction of sp³-hybridized carbons (Fsp3) is 0.625. The normalized spacial score (nSPS) is 15.2. The van der Waals surface area contributed by atoms with Gasteiger partial charge in [0.25, 0.3) is 11.8 Å². The van der Waals surface area contributed by atoms with Gasteiger partial charge in [-0.05, 0) is 0 Å². The number of hydrogen-bond donors (Lipinski definition) is 0. The molecule has 0 aromatic rings. The fourth-order valence-electron chi connectivity index (χ4n) is 0.786. The van der Waals surface area contributed by atoms with Gasteiger partial charge in [0.2, 0.25) is 0 Å². The first-order chi connectivity index (χ1) is 6.11. The number of amides is 2. The van der Waals surface area contributed by atoms with Gasteiger partial charge in [-0.25, -0.2) is 4.79 Å². The van der Waals surface area contributed by atoms with Crippen LogP contribution in [0.15, 0.2) is 0 Å². The van der Waals surface area contributed by atoms with E-state index in [0.717, 1.165) is 6.92 Å². The Hall–Kier alpha value is -1.39. The van der Waals surface area contributed by atoms with Crippen LogP contribution in [0.3, 0.4) is 0 Å². The smallest absolute Gasteiger partial charge is 0.330 e. The lowest BCUT2D eigenvalue weighted by Crippen LogP contribution is -2.30. The first-order valence-electron chi connectivity index (χ1n) is 4.15. The van der Waals surface area contributed by atoms with Gasteiger partial charge in [-0.15, -0.1) is 5.06 Å². The van der Waals surface area contributed by atoms with Gasteiger partial charge in [-0.1, -0.05) is 13.8 Å². The minimum absolute atomic E-state index is 0.131. The zero-order chi connectivity index (χ0) is 10.4. The molecule has 2 amide bonds. The highest BCUT2D eigenvalue weighted by Crippen LogP contribution is 2.11. The predicted molar refractivity (Wildman–Crippen MR) is 44.2 cm³/mol. The van der Waals surface area contributed by atoms with Gasteiger partial charge >= 0.3 is 5.97 Å². The van der Waals surface area contributed by atoms with Crippen molar-refractivity contribution in [2.24, 2.45) is 0 Å². The van der Waals surface area contributed by atoms with Crippen molar-refractivity contribution in [3.05, 3.63) is 0 Å². The van der Waals surface area contributed by atoms with Crippen molar-refractivity contribution in [3.63, 3.8) is 0 Å². The standard InChI is InChI=1S/C6H7NO4.C2H6/c1-4(8)11-7-5(9)2-3-6(7)10;1-2/h2-3H2,1H3;1-2H3. The van der Waals surface area contributed by atoms with E-state index in [9.17, 15) is 14.4 Å². The highest BCUT2D eigenvalue weighted by atomic mass is 16.7. The minimum atomic E-state index is -0.659. The number of hydroxylamine groups is 2. The maximum atomic E-state index is 10.7. The Morgan fingerprint density at radius 3 is 1.92 bits per heavy atom. The van der Waals surface area contributed by atoms with E-state index in [2.05, 4.69) is 4.84 Å². The summed E-state index contributed by atoms with van der Waals surface area (Å²) < 4.78 is 0. The van der Waals surface area contributed by atoms with Crippen LogP contribution >= 0.6 is 0 Å². The summed E-state index contributed by atoms with van der Waals surface area (Å²) in [6.07, 6.45) is 0.262. The first-order valence-corrected chi connectivity index (χ1v) is 4.15. The molecule has 0 radical (unpaired) electrons. The van der Waals surface area contributed by atoms with E-state index in [4.69, 9.17) is 0 Å². The quantitative estimate of drug-likeness (QED) is 0.565. The number of nitrogens with zero attached hydrogens (tertiary/aromatic N) is 1. The highest BCUT2D eigenvalue weighted by molar-refractivity contribution is 6.01. The fourth-order valence-corrected chi connectivity index (χ4v) is 0.786. The summed E-state index contributed by atoms with van der Waals surface area (Å²) in [7, 11) is 0. The lowest BCUT2D eigenvalue weighted by molar-refractivity contribution is -0.195. The van der Waals surface area contributed by atoms with Crippen molar-refractivity contribution in [1.82, 2.24) is 5.06 Å². The molecule has 13 heavy (non-hydrogen) atoms. The van der Waals surface area contributed by atoms with Gasteiger partial charge in [0.1, 0.15) is 0 Å². The maximum Gasteiger partial charge on any atom is 0.330 e. The van der Waals surface area contributed by atoms with Crippen LogP contribution in [0, 0.1) is 0 Å². The van der Waals surface area contributed by atoms with E-state index in [1.54, 1.807) is 0 Å². The molecule has 0 bridgehead atoms. The van der Waals surface area contributed by atoms with Gasteiger partial charge in [-0.3, -0.25) is 9.59 Å². The second-order valence-corrected chi connectivity index (χ2v) is 2.16. The topological polar surface area (TPSA) is 63.7 Å². The summed E-state index contributed by atoms with van der Waals surface area (Å²) in [5, 5.41) is 0.516. The molecule has 0 atom stereocenters. The monoisotopic (exact) mass is 187 g/mol.